The highest BCUT2D eigenvalue weighted by molar-refractivity contribution is 7.62. The van der Waals surface area contributed by atoms with Gasteiger partial charge < -0.3 is 43.2 Å². The number of amides is 2. The predicted molar refractivity (Wildman–Crippen MR) is 252 cm³/mol. The van der Waals surface area contributed by atoms with Gasteiger partial charge in [0.2, 0.25) is 5.91 Å². The maximum atomic E-state index is 15.0. The molecule has 0 aromatic heterocycles. The Morgan fingerprint density at radius 3 is 1.91 bits per heavy atom. The molecule has 1 unspecified atom stereocenters. The number of esters is 1. The van der Waals surface area contributed by atoms with Crippen molar-refractivity contribution in [1.29, 1.82) is 0 Å². The molecule has 2 N–H and O–H groups in total. The molecule has 3 saturated carbocycles. The predicted octanol–water partition coefficient (Wildman–Crippen LogP) is 9.46. The third kappa shape index (κ3) is 11.1. The summed E-state index contributed by atoms with van der Waals surface area (Å²) in [6.07, 6.45) is 0.929. The number of benzene rings is 4. The van der Waals surface area contributed by atoms with Crippen molar-refractivity contribution in [2.24, 2.45) is 17.3 Å². The van der Waals surface area contributed by atoms with Crippen LogP contribution in [-0.2, 0) is 56.8 Å². The maximum Gasteiger partial charge on any atom is 0.482 e. The molecule has 1 heterocycles. The van der Waals surface area contributed by atoms with Gasteiger partial charge in [0.15, 0.2) is 0 Å². The summed E-state index contributed by atoms with van der Waals surface area (Å²) in [5.41, 5.74) is 0.627. The van der Waals surface area contributed by atoms with Gasteiger partial charge in [-0.3, -0.25) is 9.36 Å². The van der Waals surface area contributed by atoms with Gasteiger partial charge in [-0.25, -0.2) is 9.59 Å². The van der Waals surface area contributed by atoms with Gasteiger partial charge in [-0.1, -0.05) is 98.8 Å². The fourth-order valence-corrected chi connectivity index (χ4v) is 11.0. The van der Waals surface area contributed by atoms with Crippen LogP contribution < -0.4 is 20.7 Å². The van der Waals surface area contributed by atoms with Crippen LogP contribution in [0.3, 0.4) is 0 Å². The third-order valence-corrected chi connectivity index (χ3v) is 14.8. The molecular formula is C51H64BN2O11P. The van der Waals surface area contributed by atoms with Crippen molar-refractivity contribution < 1.29 is 51.5 Å². The zero-order valence-electron chi connectivity index (χ0n) is 39.8. The lowest BCUT2D eigenvalue weighted by Crippen LogP contribution is -2.65. The first-order valence-electron chi connectivity index (χ1n) is 22.7. The number of methoxy groups -OCH3 is 1. The fraction of sp³-hybridized carbons (Fsp3) is 0.471. The first kappa shape index (κ1) is 48.9. The Hall–Kier alpha value is -4.98. The number of alkyl carbamates (subject to hydrolysis) is 1. The van der Waals surface area contributed by atoms with Gasteiger partial charge >= 0.3 is 26.8 Å². The average Bonchev–Trinajstić information content (AvgIpc) is 3.63. The summed E-state index contributed by atoms with van der Waals surface area (Å²) < 4.78 is 57.8. The molecule has 0 radical (unpaired) electrons. The average molecular weight is 923 g/mol. The van der Waals surface area contributed by atoms with Gasteiger partial charge in [-0.2, -0.15) is 0 Å². The monoisotopic (exact) mass is 922 g/mol. The molecule has 13 nitrogen and oxygen atoms in total. The van der Waals surface area contributed by atoms with Crippen LogP contribution in [0, 0.1) is 17.3 Å². The Morgan fingerprint density at radius 1 is 0.773 bits per heavy atom. The van der Waals surface area contributed by atoms with Gasteiger partial charge in [0.05, 0.1) is 43.3 Å². The van der Waals surface area contributed by atoms with Crippen molar-refractivity contribution in [1.82, 2.24) is 10.6 Å². The Bertz CT molecular complexity index is 2360. The molecule has 6 atom stereocenters. The lowest BCUT2D eigenvalue weighted by Gasteiger charge is -2.64. The van der Waals surface area contributed by atoms with E-state index in [0.29, 0.717) is 22.8 Å². The van der Waals surface area contributed by atoms with Crippen LogP contribution in [0.15, 0.2) is 103 Å². The second-order valence-electron chi connectivity index (χ2n) is 20.3. The zero-order chi connectivity index (χ0) is 47.7. The minimum Gasteiger partial charge on any atom is -0.496 e. The van der Waals surface area contributed by atoms with E-state index in [1.54, 1.807) is 77.9 Å². The van der Waals surface area contributed by atoms with Gasteiger partial charge in [-0.15, -0.1) is 0 Å². The molecule has 0 spiro atoms. The largest absolute Gasteiger partial charge is 0.496 e. The zero-order valence-corrected chi connectivity index (χ0v) is 40.6. The minimum absolute atomic E-state index is 0.0247. The summed E-state index contributed by atoms with van der Waals surface area (Å²) in [5.74, 6) is -0.978. The molecule has 4 fully saturated rings. The molecule has 1 aliphatic heterocycles. The highest BCUT2D eigenvalue weighted by atomic mass is 31.2. The Kier molecular flexibility index (Phi) is 14.3. The van der Waals surface area contributed by atoms with Crippen LogP contribution in [-0.4, -0.2) is 61.0 Å². The lowest BCUT2D eigenvalue weighted by atomic mass is 9.43. The van der Waals surface area contributed by atoms with Crippen molar-refractivity contribution >= 4 is 38.0 Å². The van der Waals surface area contributed by atoms with Crippen LogP contribution in [0.1, 0.15) is 114 Å². The Morgan fingerprint density at radius 2 is 1.36 bits per heavy atom. The number of hydrogen-bond donors (Lipinski definition) is 2. The fourth-order valence-electron chi connectivity index (χ4n) is 9.50. The SMILES string of the molecule is COc1c(C[C@H](NC(=O)C(NC(=O)OC(C)(C)C)c2ccc(P(=O)(OCc3ccccc3)OCc3ccccc3)cc2)B2O[C@@H]3C[C@@H]4C[C@@H](C4(C)C)[C@]3(C)O2)cccc1C(=O)OC(C)(C)C. The molecule has 4 aromatic carbocycles. The molecule has 3 aliphatic carbocycles. The normalized spacial score (nSPS) is 22.0. The lowest BCUT2D eigenvalue weighted by molar-refractivity contribution is -0.199. The van der Waals surface area contributed by atoms with Crippen molar-refractivity contribution in [3.63, 3.8) is 0 Å². The summed E-state index contributed by atoms with van der Waals surface area (Å²) in [4.78, 5) is 42.0. The molecular weight excluding hydrogens is 858 g/mol. The number of hydrogen-bond acceptors (Lipinski definition) is 11. The van der Waals surface area contributed by atoms with Crippen LogP contribution in [0.4, 0.5) is 4.79 Å². The van der Waals surface area contributed by atoms with Crippen LogP contribution in [0.5, 0.6) is 5.75 Å². The van der Waals surface area contributed by atoms with E-state index in [1.165, 1.54) is 7.11 Å². The first-order valence-corrected chi connectivity index (χ1v) is 24.2. The van der Waals surface area contributed by atoms with Gasteiger partial charge in [0, 0.05) is 0 Å². The summed E-state index contributed by atoms with van der Waals surface area (Å²) in [6, 6.07) is 29.0. The standard InChI is InChI=1S/C51H64BN2O11P/c1-48(2,3)62-46(56)39-23-17-22-36(44(39)59-10)28-42(52-64-41-30-37-29-40(50(37,7)8)51(41,9)65-52)53-45(55)43(54-47(57)63-49(4,5)6)35-24-26-38(27-25-35)66(58,60-31-33-18-13-11-14-19-33)61-32-34-20-15-12-16-21-34/h11-27,37,40-43H,28-32H2,1-10H3,(H,53,55)(H,54,57)/t37-,40-,41+,42-,43?,51-/m0/s1. The Labute approximate surface area is 389 Å². The second-order valence-corrected chi connectivity index (χ2v) is 22.4. The number of carbonyl (C=O) groups excluding carboxylic acids is 3. The van der Waals surface area contributed by atoms with Crippen LogP contribution >= 0.6 is 7.60 Å². The van der Waals surface area contributed by atoms with E-state index in [0.717, 1.165) is 24.0 Å². The molecule has 2 bridgehead atoms. The van der Waals surface area contributed by atoms with E-state index in [9.17, 15) is 18.9 Å². The van der Waals surface area contributed by atoms with E-state index >= 15 is 0 Å². The summed E-state index contributed by atoms with van der Waals surface area (Å²) in [6.45, 7) is 17.3. The van der Waals surface area contributed by atoms with E-state index in [-0.39, 0.29) is 47.9 Å². The van der Waals surface area contributed by atoms with E-state index in [4.69, 9.17) is 32.6 Å². The molecule has 352 valence electrons. The highest BCUT2D eigenvalue weighted by Gasteiger charge is 2.68. The number of rotatable bonds is 16. The molecule has 8 rings (SSSR count). The van der Waals surface area contributed by atoms with Crippen molar-refractivity contribution in [3.05, 3.63) is 131 Å². The van der Waals surface area contributed by atoms with Crippen molar-refractivity contribution in [3.8, 4) is 5.75 Å². The van der Waals surface area contributed by atoms with E-state index in [2.05, 4.69) is 31.4 Å². The van der Waals surface area contributed by atoms with Crippen molar-refractivity contribution in [2.45, 2.75) is 130 Å². The van der Waals surface area contributed by atoms with Crippen LogP contribution in [0.25, 0.3) is 0 Å². The maximum absolute atomic E-state index is 15.0. The molecule has 4 aromatic rings. The smallest absolute Gasteiger partial charge is 0.482 e. The topological polar surface area (TPSA) is 157 Å². The number of ether oxygens (including phenoxy) is 3. The minimum atomic E-state index is -3.96. The van der Waals surface area contributed by atoms with Gasteiger partial charge in [0.25, 0.3) is 0 Å². The quantitative estimate of drug-likeness (QED) is 0.0627. The summed E-state index contributed by atoms with van der Waals surface area (Å²) in [5, 5.41) is 6.21. The molecule has 66 heavy (non-hydrogen) atoms. The van der Waals surface area contributed by atoms with Crippen molar-refractivity contribution in [2.75, 3.05) is 7.11 Å². The van der Waals surface area contributed by atoms with E-state index in [1.807, 2.05) is 66.7 Å². The third-order valence-electron chi connectivity index (χ3n) is 12.9. The highest BCUT2D eigenvalue weighted by Crippen LogP contribution is 2.66. The first-order chi connectivity index (χ1) is 31.1. The summed E-state index contributed by atoms with van der Waals surface area (Å²) in [7, 11) is -3.39. The number of nitrogens with one attached hydrogen (secondary N) is 2. The molecule has 15 heteroatoms. The number of para-hydroxylation sites is 1. The summed E-state index contributed by atoms with van der Waals surface area (Å²) >= 11 is 0. The molecule has 4 aliphatic rings. The molecule has 1 saturated heterocycles. The van der Waals surface area contributed by atoms with Gasteiger partial charge in [0.1, 0.15) is 28.6 Å². The Balaban J connectivity index is 1.22. The molecule has 2 amide bonds. The van der Waals surface area contributed by atoms with Crippen LogP contribution in [0.2, 0.25) is 0 Å². The second kappa shape index (κ2) is 19.3. The van der Waals surface area contributed by atoms with E-state index < -0.39 is 61.5 Å². The number of carbonyl (C=O) groups is 3. The van der Waals surface area contributed by atoms with Gasteiger partial charge in [-0.05, 0) is 125 Å².